The van der Waals surface area contributed by atoms with Gasteiger partial charge >= 0.3 is 11.9 Å². The number of unbranched alkanes of at least 4 members (excludes halogenated alkanes) is 38. The number of carbonyl (C=O) groups is 2. The molecule has 0 aromatic rings. The van der Waals surface area contributed by atoms with Crippen LogP contribution in [0.1, 0.15) is 341 Å². The molecule has 1 atom stereocenters. The van der Waals surface area contributed by atoms with Crippen molar-refractivity contribution in [1.82, 2.24) is 0 Å². The highest BCUT2D eigenvalue weighted by Crippen LogP contribution is 2.18. The maximum absolute atomic E-state index is 12.4. The molecule has 1 unspecified atom stereocenters. The molecule has 0 fully saturated rings. The van der Waals surface area contributed by atoms with Gasteiger partial charge in [-0.3, -0.25) is 9.59 Å². The topological polar surface area (TPSA) is 72.8 Å². The normalized spacial score (nSPS) is 12.9. The van der Waals surface area contributed by atoms with E-state index in [9.17, 15) is 14.7 Å². The Hall–Kier alpha value is -3.44. The molecule has 5 nitrogen and oxygen atoms in total. The second-order valence-electron chi connectivity index (χ2n) is 23.2. The van der Waals surface area contributed by atoms with Crippen LogP contribution in [0.15, 0.2) is 109 Å². The quantitative estimate of drug-likeness (QED) is 0.0373. The molecule has 0 spiro atoms. The van der Waals surface area contributed by atoms with E-state index in [-0.39, 0.29) is 25.2 Å². The molecular weight excluding hydrogens is 993 g/mol. The molecule has 81 heavy (non-hydrogen) atoms. The highest BCUT2D eigenvalue weighted by molar-refractivity contribution is 5.70. The van der Waals surface area contributed by atoms with Gasteiger partial charge in [0.2, 0.25) is 0 Å². The number of carbonyl (C=O) groups excluding carboxylic acids is 2. The van der Waals surface area contributed by atoms with Crippen molar-refractivity contribution >= 4 is 11.9 Å². The Morgan fingerprint density at radius 2 is 0.531 bits per heavy atom. The molecule has 0 saturated carbocycles. The molecule has 0 radical (unpaired) electrons. The van der Waals surface area contributed by atoms with Gasteiger partial charge in [-0.15, -0.1) is 0 Å². The van der Waals surface area contributed by atoms with Crippen LogP contribution >= 0.6 is 0 Å². The predicted octanol–water partition coefficient (Wildman–Crippen LogP) is 24.4. The Balaban J connectivity index is 3.49. The Bertz CT molecular complexity index is 1560. The number of aliphatic hydroxyl groups is 1. The molecule has 1 N–H and O–H groups in total. The Labute approximate surface area is 503 Å². The summed E-state index contributed by atoms with van der Waals surface area (Å²) in [6.07, 6.45) is 103. The van der Waals surface area contributed by atoms with Gasteiger partial charge in [-0.2, -0.15) is 0 Å². The molecule has 0 bridgehead atoms. The third-order valence-electron chi connectivity index (χ3n) is 15.3. The Morgan fingerprint density at radius 1 is 0.296 bits per heavy atom. The van der Waals surface area contributed by atoms with Gasteiger partial charge in [-0.1, -0.05) is 354 Å². The number of esters is 2. The molecule has 0 aliphatic rings. The monoisotopic (exact) mass is 1130 g/mol. The van der Waals surface area contributed by atoms with E-state index in [0.29, 0.717) is 12.8 Å². The van der Waals surface area contributed by atoms with Crippen molar-refractivity contribution in [3.8, 4) is 0 Å². The molecule has 0 aromatic carbocycles. The highest BCUT2D eigenvalue weighted by Gasteiger charge is 2.16. The first kappa shape index (κ1) is 77.6. The van der Waals surface area contributed by atoms with Crippen molar-refractivity contribution in [3.63, 3.8) is 0 Å². The lowest BCUT2D eigenvalue weighted by Crippen LogP contribution is -2.28. The summed E-state index contributed by atoms with van der Waals surface area (Å²) in [4.78, 5) is 24.6. The number of hydrogen-bond donors (Lipinski definition) is 1. The van der Waals surface area contributed by atoms with E-state index in [1.165, 1.54) is 218 Å². The van der Waals surface area contributed by atoms with Crippen molar-refractivity contribution in [1.29, 1.82) is 0 Å². The molecule has 0 saturated heterocycles. The number of hydrogen-bond acceptors (Lipinski definition) is 5. The first-order chi connectivity index (χ1) is 40.1. The minimum absolute atomic E-state index is 0.0655. The largest absolute Gasteiger partial charge is 0.462 e. The van der Waals surface area contributed by atoms with Crippen molar-refractivity contribution in [2.75, 3.05) is 13.2 Å². The fourth-order valence-electron chi connectivity index (χ4n) is 10.1. The van der Waals surface area contributed by atoms with Crippen LogP contribution in [0.2, 0.25) is 0 Å². The van der Waals surface area contributed by atoms with Gasteiger partial charge in [-0.05, 0) is 83.5 Å². The van der Waals surface area contributed by atoms with Gasteiger partial charge in [0.15, 0.2) is 6.10 Å². The molecule has 0 rings (SSSR count). The summed E-state index contributed by atoms with van der Waals surface area (Å²) in [7, 11) is 0. The van der Waals surface area contributed by atoms with Gasteiger partial charge in [0.05, 0.1) is 6.61 Å². The zero-order valence-electron chi connectivity index (χ0n) is 53.5. The predicted molar refractivity (Wildman–Crippen MR) is 357 cm³/mol. The van der Waals surface area contributed by atoms with Crippen LogP contribution in [-0.4, -0.2) is 36.4 Å². The van der Waals surface area contributed by atoms with E-state index in [4.69, 9.17) is 9.47 Å². The lowest BCUT2D eigenvalue weighted by molar-refractivity contribution is -0.161. The van der Waals surface area contributed by atoms with E-state index >= 15 is 0 Å². The van der Waals surface area contributed by atoms with E-state index in [1.54, 1.807) is 0 Å². The minimum Gasteiger partial charge on any atom is -0.462 e. The molecule has 0 aromatic heterocycles. The first-order valence-corrected chi connectivity index (χ1v) is 34.9. The summed E-state index contributed by atoms with van der Waals surface area (Å²) < 4.78 is 10.8. The SMILES string of the molecule is CC/C=C\C/C=C\C/C=C\C/C=C\C/C=C\C/C=C\C/C=C\C/C=C\C/C=C\CCCCCCCCCCCCCCCC(=O)OC(CO)COC(=O)CCCCCCCCCCCCCCCCCCCCCCCCCCCC. The molecule has 5 heteroatoms. The maximum Gasteiger partial charge on any atom is 0.306 e. The zero-order chi connectivity index (χ0) is 58.4. The Kier molecular flexibility index (Phi) is 67.8. The summed E-state index contributed by atoms with van der Waals surface area (Å²) in [5, 5.41) is 9.70. The van der Waals surface area contributed by atoms with Crippen LogP contribution < -0.4 is 0 Å². The average Bonchev–Trinajstić information content (AvgIpc) is 3.47. The van der Waals surface area contributed by atoms with Crippen LogP contribution in [0.4, 0.5) is 0 Å². The van der Waals surface area contributed by atoms with E-state index < -0.39 is 6.10 Å². The summed E-state index contributed by atoms with van der Waals surface area (Å²) in [6.45, 7) is 4.07. The van der Waals surface area contributed by atoms with Gasteiger partial charge in [0.25, 0.3) is 0 Å². The van der Waals surface area contributed by atoms with Crippen molar-refractivity contribution < 1.29 is 24.2 Å². The van der Waals surface area contributed by atoms with E-state index in [2.05, 4.69) is 123 Å². The second kappa shape index (κ2) is 70.8. The third kappa shape index (κ3) is 69.0. The van der Waals surface area contributed by atoms with Crippen molar-refractivity contribution in [2.45, 2.75) is 347 Å². The number of ether oxygens (including phenoxy) is 2. The Morgan fingerprint density at radius 3 is 0.802 bits per heavy atom. The third-order valence-corrected chi connectivity index (χ3v) is 15.3. The summed E-state index contributed by atoms with van der Waals surface area (Å²) in [5.41, 5.74) is 0. The molecule has 0 amide bonds. The number of rotatable bonds is 64. The van der Waals surface area contributed by atoms with Crippen molar-refractivity contribution in [2.24, 2.45) is 0 Å². The molecule has 0 heterocycles. The van der Waals surface area contributed by atoms with Crippen LogP contribution in [0.25, 0.3) is 0 Å². The minimum atomic E-state index is -0.777. The number of allylic oxidation sites excluding steroid dienone is 18. The summed E-state index contributed by atoms with van der Waals surface area (Å²) in [5.74, 6) is -0.579. The van der Waals surface area contributed by atoms with Gasteiger partial charge < -0.3 is 14.6 Å². The fourth-order valence-corrected chi connectivity index (χ4v) is 10.1. The van der Waals surface area contributed by atoms with Crippen molar-refractivity contribution in [3.05, 3.63) is 109 Å². The molecule has 0 aliphatic carbocycles. The van der Waals surface area contributed by atoms with E-state index in [1.807, 2.05) is 0 Å². The fraction of sp³-hybridized carbons (Fsp3) is 0.737. The smallest absolute Gasteiger partial charge is 0.306 e. The summed E-state index contributed by atoms with van der Waals surface area (Å²) >= 11 is 0. The van der Waals surface area contributed by atoms with Crippen LogP contribution in [0.5, 0.6) is 0 Å². The van der Waals surface area contributed by atoms with Gasteiger partial charge in [0.1, 0.15) is 6.61 Å². The number of aliphatic hydroxyl groups excluding tert-OH is 1. The van der Waals surface area contributed by atoms with Crippen LogP contribution in [-0.2, 0) is 19.1 Å². The summed E-state index contributed by atoms with van der Waals surface area (Å²) in [6, 6.07) is 0. The lowest BCUT2D eigenvalue weighted by atomic mass is 10.0. The standard InChI is InChI=1S/C76H132O5/c1-3-5-7-9-11-13-15-17-19-21-23-25-27-29-31-32-33-34-35-36-37-38-39-40-41-42-43-44-45-47-49-51-53-55-57-59-61-63-65-67-69-71-76(79)81-74(72-77)73-80-75(78)70-68-66-64-62-60-58-56-54-52-50-48-46-30-28-26-24-22-20-18-16-14-12-10-8-6-4-2/h5,7,11,13,17,19,23,25,29,31,33-34,36-37,39-40,42-43,74,77H,3-4,6,8-10,12,14-16,18,20-22,24,26-28,30,32,35,38,41,44-73H2,1-2H3/b7-5-,13-11-,19-17-,25-23-,31-29-,34-33-,37-36-,40-39-,43-42-. The lowest BCUT2D eigenvalue weighted by Gasteiger charge is -2.15. The molecular formula is C76H132O5. The van der Waals surface area contributed by atoms with Gasteiger partial charge in [-0.25, -0.2) is 0 Å². The van der Waals surface area contributed by atoms with Crippen LogP contribution in [0, 0.1) is 0 Å². The highest BCUT2D eigenvalue weighted by atomic mass is 16.6. The average molecular weight is 1130 g/mol. The first-order valence-electron chi connectivity index (χ1n) is 34.9. The maximum atomic E-state index is 12.4. The second-order valence-corrected chi connectivity index (χ2v) is 23.2. The zero-order valence-corrected chi connectivity index (χ0v) is 53.5. The van der Waals surface area contributed by atoms with Gasteiger partial charge in [0, 0.05) is 12.8 Å². The van der Waals surface area contributed by atoms with E-state index in [0.717, 1.165) is 96.3 Å². The molecule has 0 aliphatic heterocycles. The molecule has 466 valence electrons. The van der Waals surface area contributed by atoms with Crippen LogP contribution in [0.3, 0.4) is 0 Å².